The van der Waals surface area contributed by atoms with E-state index < -0.39 is 15.4 Å². The van der Waals surface area contributed by atoms with Gasteiger partial charge >= 0.3 is 0 Å². The summed E-state index contributed by atoms with van der Waals surface area (Å²) in [4.78, 5) is 19.2. The zero-order valence-corrected chi connectivity index (χ0v) is 21.7. The third-order valence-corrected chi connectivity index (χ3v) is 9.39. The summed E-state index contributed by atoms with van der Waals surface area (Å²) in [5, 5.41) is 15.0. The largest absolute Gasteiger partial charge is 0.389 e. The molecule has 2 aromatic carbocycles. The minimum absolute atomic E-state index is 0.129. The molecule has 0 saturated carbocycles. The predicted octanol–water partition coefficient (Wildman–Crippen LogP) is 4.08. The summed E-state index contributed by atoms with van der Waals surface area (Å²) < 4.78 is 32.1. The molecule has 0 atom stereocenters. The lowest BCUT2D eigenvalue weighted by Crippen LogP contribution is -2.47. The third kappa shape index (κ3) is 4.80. The van der Waals surface area contributed by atoms with Gasteiger partial charge < -0.3 is 14.5 Å². The number of fused-ring (bicyclic) bond motifs is 1. The minimum atomic E-state index is -3.59. The molecule has 1 aliphatic heterocycles. The van der Waals surface area contributed by atoms with Gasteiger partial charge in [0.2, 0.25) is 0 Å². The molecular formula is C26H27N3O5S2. The van der Waals surface area contributed by atoms with Gasteiger partial charge in [-0.15, -0.1) is 11.3 Å². The van der Waals surface area contributed by atoms with Crippen molar-refractivity contribution in [3.63, 3.8) is 0 Å². The van der Waals surface area contributed by atoms with Crippen molar-refractivity contribution < 1.29 is 22.8 Å². The standard InChI is InChI=1S/C26H27N3O5S2/c1-17-21(18(2)34-28-17)14-26(31)10-12-29(13-11-26)25(30)20-8-6-19(7-9-20)15-36(32,33)23-5-3-4-22-24(23)27-16-35-22/h3-9,16,31H,10-15H2,1-2H3. The summed E-state index contributed by atoms with van der Waals surface area (Å²) in [5.41, 5.74) is 4.03. The Kier molecular flexibility index (Phi) is 6.44. The number of nitrogens with zero attached hydrogens (tertiary/aromatic N) is 3. The van der Waals surface area contributed by atoms with E-state index >= 15 is 0 Å². The molecular weight excluding hydrogens is 498 g/mol. The number of sulfone groups is 1. The van der Waals surface area contributed by atoms with E-state index in [1.54, 1.807) is 46.8 Å². The molecule has 0 unspecified atom stereocenters. The lowest BCUT2D eigenvalue weighted by molar-refractivity contribution is -0.0165. The molecule has 36 heavy (non-hydrogen) atoms. The molecule has 5 rings (SSSR count). The molecule has 10 heteroatoms. The van der Waals surface area contributed by atoms with Gasteiger partial charge in [-0.2, -0.15) is 0 Å². The molecule has 188 valence electrons. The van der Waals surface area contributed by atoms with Crippen LogP contribution in [0.1, 0.15) is 45.8 Å². The number of amides is 1. The van der Waals surface area contributed by atoms with Crippen LogP contribution in [0.2, 0.25) is 0 Å². The van der Waals surface area contributed by atoms with Crippen molar-refractivity contribution in [2.75, 3.05) is 13.1 Å². The first-order valence-electron chi connectivity index (χ1n) is 11.7. The monoisotopic (exact) mass is 525 g/mol. The van der Waals surface area contributed by atoms with Crippen molar-refractivity contribution in [3.05, 3.63) is 76.1 Å². The number of piperidine rings is 1. The van der Waals surface area contributed by atoms with E-state index in [1.165, 1.54) is 11.3 Å². The number of benzene rings is 2. The van der Waals surface area contributed by atoms with E-state index in [0.717, 1.165) is 16.0 Å². The third-order valence-electron chi connectivity index (χ3n) is 6.88. The van der Waals surface area contributed by atoms with Crippen LogP contribution in [0.25, 0.3) is 10.2 Å². The number of aliphatic hydroxyl groups is 1. The number of para-hydroxylation sites is 1. The summed E-state index contributed by atoms with van der Waals surface area (Å²) in [6, 6.07) is 11.9. The van der Waals surface area contributed by atoms with Crippen LogP contribution in [0.15, 0.2) is 57.4 Å². The molecule has 0 aliphatic carbocycles. The molecule has 2 aromatic heterocycles. The van der Waals surface area contributed by atoms with Gasteiger partial charge in [-0.25, -0.2) is 13.4 Å². The smallest absolute Gasteiger partial charge is 0.253 e. The average molecular weight is 526 g/mol. The predicted molar refractivity (Wildman–Crippen MR) is 137 cm³/mol. The van der Waals surface area contributed by atoms with Crippen molar-refractivity contribution in [2.45, 2.75) is 49.4 Å². The Morgan fingerprint density at radius 2 is 1.86 bits per heavy atom. The molecule has 0 radical (unpaired) electrons. The summed E-state index contributed by atoms with van der Waals surface area (Å²) in [5.74, 6) is 0.414. The number of hydrogen-bond acceptors (Lipinski definition) is 8. The molecule has 1 saturated heterocycles. The van der Waals surface area contributed by atoms with Crippen LogP contribution in [0.5, 0.6) is 0 Å². The number of carbonyl (C=O) groups excluding carboxylic acids is 1. The highest BCUT2D eigenvalue weighted by molar-refractivity contribution is 7.90. The molecule has 8 nitrogen and oxygen atoms in total. The zero-order chi connectivity index (χ0) is 25.5. The molecule has 1 fully saturated rings. The summed E-state index contributed by atoms with van der Waals surface area (Å²) in [6.45, 7) is 4.58. The average Bonchev–Trinajstić information content (AvgIpc) is 3.46. The maximum atomic E-state index is 13.1. The second-order valence-corrected chi connectivity index (χ2v) is 12.3. The van der Waals surface area contributed by atoms with Crippen LogP contribution in [-0.4, -0.2) is 53.2 Å². The van der Waals surface area contributed by atoms with Crippen molar-refractivity contribution in [1.82, 2.24) is 15.0 Å². The van der Waals surface area contributed by atoms with Gasteiger partial charge in [0, 0.05) is 30.6 Å². The first kappa shape index (κ1) is 24.6. The topological polar surface area (TPSA) is 114 Å². The van der Waals surface area contributed by atoms with E-state index in [-0.39, 0.29) is 16.6 Å². The number of aromatic nitrogens is 2. The Balaban J connectivity index is 1.23. The van der Waals surface area contributed by atoms with Gasteiger partial charge in [0.05, 0.1) is 37.7 Å². The van der Waals surface area contributed by atoms with E-state index in [0.29, 0.717) is 54.8 Å². The number of likely N-dealkylation sites (tertiary alicyclic amines) is 1. The van der Waals surface area contributed by atoms with E-state index in [9.17, 15) is 18.3 Å². The summed E-state index contributed by atoms with van der Waals surface area (Å²) in [6.07, 6.45) is 1.37. The minimum Gasteiger partial charge on any atom is -0.389 e. The van der Waals surface area contributed by atoms with Crippen molar-refractivity contribution in [3.8, 4) is 0 Å². The molecule has 1 amide bonds. The highest BCUT2D eigenvalue weighted by Gasteiger charge is 2.35. The number of rotatable bonds is 6. The van der Waals surface area contributed by atoms with Gasteiger partial charge in [-0.3, -0.25) is 4.79 Å². The highest BCUT2D eigenvalue weighted by Crippen LogP contribution is 2.30. The Bertz CT molecular complexity index is 1500. The first-order chi connectivity index (χ1) is 17.2. The number of hydrogen-bond donors (Lipinski definition) is 1. The Morgan fingerprint density at radius 1 is 1.14 bits per heavy atom. The van der Waals surface area contributed by atoms with Crippen LogP contribution >= 0.6 is 11.3 Å². The Hall–Kier alpha value is -3.08. The maximum absolute atomic E-state index is 13.1. The molecule has 0 spiro atoms. The lowest BCUT2D eigenvalue weighted by Gasteiger charge is -2.38. The maximum Gasteiger partial charge on any atom is 0.253 e. The second kappa shape index (κ2) is 9.42. The SMILES string of the molecule is Cc1noc(C)c1CC1(O)CCN(C(=O)c2ccc(CS(=O)(=O)c3cccc4scnc34)cc2)CC1. The molecule has 3 heterocycles. The quantitative estimate of drug-likeness (QED) is 0.403. The lowest BCUT2D eigenvalue weighted by atomic mass is 9.84. The van der Waals surface area contributed by atoms with Gasteiger partial charge in [-0.05, 0) is 56.5 Å². The van der Waals surface area contributed by atoms with Crippen molar-refractivity contribution in [2.24, 2.45) is 0 Å². The fourth-order valence-electron chi connectivity index (χ4n) is 4.72. The van der Waals surface area contributed by atoms with Crippen LogP contribution in [-0.2, 0) is 22.0 Å². The number of aryl methyl sites for hydroxylation is 2. The molecule has 0 bridgehead atoms. The van der Waals surface area contributed by atoms with Gasteiger partial charge in [0.25, 0.3) is 5.91 Å². The number of carbonyl (C=O) groups is 1. The van der Waals surface area contributed by atoms with Gasteiger partial charge in [0.15, 0.2) is 9.84 Å². The number of thiazole rings is 1. The van der Waals surface area contributed by atoms with Crippen LogP contribution in [0, 0.1) is 13.8 Å². The van der Waals surface area contributed by atoms with Gasteiger partial charge in [0.1, 0.15) is 5.76 Å². The zero-order valence-electron chi connectivity index (χ0n) is 20.1. The van der Waals surface area contributed by atoms with Crippen molar-refractivity contribution >= 4 is 37.3 Å². The van der Waals surface area contributed by atoms with E-state index in [1.807, 2.05) is 19.9 Å². The molecule has 1 aliphatic rings. The summed E-state index contributed by atoms with van der Waals surface area (Å²) >= 11 is 1.40. The Morgan fingerprint density at radius 3 is 2.53 bits per heavy atom. The Labute approximate surface area is 213 Å². The normalized spacial score (nSPS) is 15.9. The first-order valence-corrected chi connectivity index (χ1v) is 14.3. The second-order valence-electron chi connectivity index (χ2n) is 9.41. The van der Waals surface area contributed by atoms with Crippen LogP contribution in [0.4, 0.5) is 0 Å². The highest BCUT2D eigenvalue weighted by atomic mass is 32.2. The van der Waals surface area contributed by atoms with Gasteiger partial charge in [-0.1, -0.05) is 23.4 Å². The fourth-order valence-corrected chi connectivity index (χ4v) is 7.02. The van der Waals surface area contributed by atoms with Crippen LogP contribution < -0.4 is 0 Å². The van der Waals surface area contributed by atoms with Crippen LogP contribution in [0.3, 0.4) is 0 Å². The molecule has 4 aromatic rings. The van der Waals surface area contributed by atoms with Crippen molar-refractivity contribution in [1.29, 1.82) is 0 Å². The molecule has 1 N–H and O–H groups in total. The summed E-state index contributed by atoms with van der Waals surface area (Å²) in [7, 11) is -3.59. The fraction of sp³-hybridized carbons (Fsp3) is 0.346. The van der Waals surface area contributed by atoms with E-state index in [4.69, 9.17) is 4.52 Å². The van der Waals surface area contributed by atoms with E-state index in [2.05, 4.69) is 10.1 Å².